The fourth-order valence-corrected chi connectivity index (χ4v) is 2.20. The molecule has 0 aliphatic carbocycles. The maximum absolute atomic E-state index is 12.5. The van der Waals surface area contributed by atoms with Gasteiger partial charge in [0.2, 0.25) is 0 Å². The largest absolute Gasteiger partial charge is 0.481 e. The molecule has 0 saturated heterocycles. The minimum Gasteiger partial charge on any atom is -0.481 e. The Morgan fingerprint density at radius 2 is 1.95 bits per heavy atom. The second kappa shape index (κ2) is 7.50. The number of carboxylic acids is 1. The molecule has 0 saturated carbocycles. The molecule has 1 N–H and O–H groups in total. The minimum absolute atomic E-state index is 0.0276. The van der Waals surface area contributed by atoms with Gasteiger partial charge in [-0.25, -0.2) is 0 Å². The lowest BCUT2D eigenvalue weighted by Gasteiger charge is -2.27. The third kappa shape index (κ3) is 4.39. The van der Waals surface area contributed by atoms with Gasteiger partial charge in [-0.05, 0) is 32.4 Å². The highest BCUT2D eigenvalue weighted by atomic mass is 35.5. The van der Waals surface area contributed by atoms with Gasteiger partial charge in [0.15, 0.2) is 0 Å². The number of hydrogen-bond donors (Lipinski definition) is 1. The standard InChI is InChI=1S/C14H17Cl2NO3/c1-9(2)17(8-4-7-12(18)19)14(20)10-5-3-6-11(15)13(10)16/h3,5-6,9H,4,7-8H2,1-2H3,(H,18,19). The summed E-state index contributed by atoms with van der Waals surface area (Å²) < 4.78 is 0. The number of rotatable bonds is 6. The second-order valence-electron chi connectivity index (χ2n) is 4.69. The van der Waals surface area contributed by atoms with Gasteiger partial charge >= 0.3 is 5.97 Å². The van der Waals surface area contributed by atoms with E-state index in [4.69, 9.17) is 28.3 Å². The van der Waals surface area contributed by atoms with Crippen molar-refractivity contribution in [2.24, 2.45) is 0 Å². The van der Waals surface area contributed by atoms with Gasteiger partial charge in [0.05, 0.1) is 15.6 Å². The number of halogens is 2. The van der Waals surface area contributed by atoms with E-state index in [2.05, 4.69) is 0 Å². The maximum Gasteiger partial charge on any atom is 0.303 e. The normalized spacial score (nSPS) is 10.7. The Bertz CT molecular complexity index is 503. The van der Waals surface area contributed by atoms with E-state index >= 15 is 0 Å². The summed E-state index contributed by atoms with van der Waals surface area (Å²) in [6, 6.07) is 4.84. The van der Waals surface area contributed by atoms with Gasteiger partial charge in [0, 0.05) is 19.0 Å². The van der Waals surface area contributed by atoms with E-state index in [1.54, 1.807) is 23.1 Å². The molecule has 0 spiro atoms. The van der Waals surface area contributed by atoms with E-state index in [1.165, 1.54) is 0 Å². The van der Waals surface area contributed by atoms with Crippen molar-refractivity contribution < 1.29 is 14.7 Å². The highest BCUT2D eigenvalue weighted by Gasteiger charge is 2.21. The molecule has 0 unspecified atom stereocenters. The quantitative estimate of drug-likeness (QED) is 0.870. The lowest BCUT2D eigenvalue weighted by molar-refractivity contribution is -0.137. The Hall–Kier alpha value is -1.26. The first-order chi connectivity index (χ1) is 9.34. The van der Waals surface area contributed by atoms with E-state index < -0.39 is 5.97 Å². The molecule has 0 bridgehead atoms. The van der Waals surface area contributed by atoms with Crippen molar-refractivity contribution >= 4 is 35.1 Å². The molecule has 1 amide bonds. The fraction of sp³-hybridized carbons (Fsp3) is 0.429. The van der Waals surface area contributed by atoms with Crippen LogP contribution in [0.5, 0.6) is 0 Å². The molecule has 1 rings (SSSR count). The molecule has 6 heteroatoms. The van der Waals surface area contributed by atoms with Crippen LogP contribution < -0.4 is 0 Å². The molecule has 0 fully saturated rings. The van der Waals surface area contributed by atoms with Crippen molar-refractivity contribution in [2.45, 2.75) is 32.7 Å². The number of carbonyl (C=O) groups is 2. The molecule has 20 heavy (non-hydrogen) atoms. The molecular formula is C14H17Cl2NO3. The zero-order valence-electron chi connectivity index (χ0n) is 11.4. The Morgan fingerprint density at radius 1 is 1.30 bits per heavy atom. The monoisotopic (exact) mass is 317 g/mol. The van der Waals surface area contributed by atoms with Gasteiger partial charge in [0.25, 0.3) is 5.91 Å². The van der Waals surface area contributed by atoms with Crippen LogP contribution in [0.25, 0.3) is 0 Å². The Balaban J connectivity index is 2.88. The third-order valence-electron chi connectivity index (χ3n) is 2.86. The van der Waals surface area contributed by atoms with Crippen LogP contribution in [0.2, 0.25) is 10.0 Å². The topological polar surface area (TPSA) is 57.6 Å². The molecule has 1 aromatic rings. The lowest BCUT2D eigenvalue weighted by atomic mass is 10.1. The molecular weight excluding hydrogens is 301 g/mol. The molecule has 0 aromatic heterocycles. The Labute approximate surface area is 128 Å². The first kappa shape index (κ1) is 16.8. The van der Waals surface area contributed by atoms with Gasteiger partial charge in [0.1, 0.15) is 0 Å². The number of carbonyl (C=O) groups excluding carboxylic acids is 1. The van der Waals surface area contributed by atoms with Crippen molar-refractivity contribution in [3.63, 3.8) is 0 Å². The second-order valence-corrected chi connectivity index (χ2v) is 5.48. The summed E-state index contributed by atoms with van der Waals surface area (Å²) in [6.45, 7) is 4.11. The van der Waals surface area contributed by atoms with Gasteiger partial charge in [-0.15, -0.1) is 0 Å². The van der Waals surface area contributed by atoms with Gasteiger partial charge in [-0.3, -0.25) is 9.59 Å². The van der Waals surface area contributed by atoms with Crippen LogP contribution in [0.1, 0.15) is 37.0 Å². The molecule has 110 valence electrons. The Kier molecular flexibility index (Phi) is 6.30. The minimum atomic E-state index is -0.873. The molecule has 0 radical (unpaired) electrons. The van der Waals surface area contributed by atoms with E-state index in [9.17, 15) is 9.59 Å². The molecule has 1 aromatic carbocycles. The van der Waals surface area contributed by atoms with Gasteiger partial charge in [-0.2, -0.15) is 0 Å². The molecule has 4 nitrogen and oxygen atoms in total. The van der Waals surface area contributed by atoms with Crippen molar-refractivity contribution in [3.05, 3.63) is 33.8 Å². The third-order valence-corrected chi connectivity index (χ3v) is 3.67. The predicted octanol–water partition coefficient (Wildman–Crippen LogP) is 3.71. The number of hydrogen-bond acceptors (Lipinski definition) is 2. The average molecular weight is 318 g/mol. The van der Waals surface area contributed by atoms with Crippen LogP contribution in [0, 0.1) is 0 Å². The van der Waals surface area contributed by atoms with Crippen molar-refractivity contribution in [1.29, 1.82) is 0 Å². The molecule has 0 aliphatic rings. The summed E-state index contributed by atoms with van der Waals surface area (Å²) in [5.41, 5.74) is 0.336. The molecule has 0 aliphatic heterocycles. The van der Waals surface area contributed by atoms with Crippen LogP contribution in [0.15, 0.2) is 18.2 Å². The summed E-state index contributed by atoms with van der Waals surface area (Å²) in [4.78, 5) is 24.6. The summed E-state index contributed by atoms with van der Waals surface area (Å²) in [7, 11) is 0. The van der Waals surface area contributed by atoms with Crippen molar-refractivity contribution in [2.75, 3.05) is 6.54 Å². The van der Waals surface area contributed by atoms with Crippen molar-refractivity contribution in [1.82, 2.24) is 4.90 Å². The number of carboxylic acid groups (broad SMARTS) is 1. The maximum atomic E-state index is 12.5. The van der Waals surface area contributed by atoms with Crippen LogP contribution in [-0.4, -0.2) is 34.5 Å². The molecule has 0 heterocycles. The summed E-state index contributed by atoms with van der Waals surface area (Å²) in [5.74, 6) is -1.11. The highest BCUT2D eigenvalue weighted by molar-refractivity contribution is 6.43. The summed E-state index contributed by atoms with van der Waals surface area (Å²) in [6.07, 6.45) is 0.428. The van der Waals surface area contributed by atoms with Crippen LogP contribution >= 0.6 is 23.2 Å². The number of nitrogens with zero attached hydrogens (tertiary/aromatic N) is 1. The highest BCUT2D eigenvalue weighted by Crippen LogP contribution is 2.27. The SMILES string of the molecule is CC(C)N(CCCC(=O)O)C(=O)c1cccc(Cl)c1Cl. The van der Waals surface area contributed by atoms with Crippen LogP contribution in [0.4, 0.5) is 0 Å². The van der Waals surface area contributed by atoms with E-state index in [0.717, 1.165) is 0 Å². The molecule has 0 atom stereocenters. The first-order valence-corrected chi connectivity index (χ1v) is 7.07. The first-order valence-electron chi connectivity index (χ1n) is 6.31. The van der Waals surface area contributed by atoms with Crippen LogP contribution in [0.3, 0.4) is 0 Å². The summed E-state index contributed by atoms with van der Waals surface area (Å²) >= 11 is 12.0. The smallest absolute Gasteiger partial charge is 0.303 e. The Morgan fingerprint density at radius 3 is 2.50 bits per heavy atom. The van der Waals surface area contributed by atoms with Crippen LogP contribution in [-0.2, 0) is 4.79 Å². The lowest BCUT2D eigenvalue weighted by Crippen LogP contribution is -2.38. The number of benzene rings is 1. The van der Waals surface area contributed by atoms with E-state index in [1.807, 2.05) is 13.8 Å². The number of amides is 1. The van der Waals surface area contributed by atoms with Gasteiger partial charge in [-0.1, -0.05) is 29.3 Å². The average Bonchev–Trinajstić information content (AvgIpc) is 2.36. The van der Waals surface area contributed by atoms with E-state index in [-0.39, 0.29) is 23.4 Å². The fourth-order valence-electron chi connectivity index (χ4n) is 1.82. The van der Waals surface area contributed by atoms with Gasteiger partial charge < -0.3 is 10.0 Å². The van der Waals surface area contributed by atoms with Crippen molar-refractivity contribution in [3.8, 4) is 0 Å². The summed E-state index contributed by atoms with van der Waals surface area (Å²) in [5, 5.41) is 9.21. The zero-order valence-corrected chi connectivity index (χ0v) is 12.9. The van der Waals surface area contributed by atoms with E-state index in [0.29, 0.717) is 23.6 Å². The predicted molar refractivity (Wildman–Crippen MR) is 79.5 cm³/mol. The number of aliphatic carboxylic acids is 1. The zero-order chi connectivity index (χ0) is 15.3.